The van der Waals surface area contributed by atoms with E-state index in [4.69, 9.17) is 9.47 Å². The molecule has 0 unspecified atom stereocenters. The van der Waals surface area contributed by atoms with Crippen molar-refractivity contribution in [2.45, 2.75) is 31.6 Å². The second-order valence-electron chi connectivity index (χ2n) is 7.66. The summed E-state index contributed by atoms with van der Waals surface area (Å²) in [5.41, 5.74) is 1.21. The van der Waals surface area contributed by atoms with Gasteiger partial charge in [0, 0.05) is 17.8 Å². The number of aliphatic hydroxyl groups excluding tert-OH is 1. The molecule has 0 saturated carbocycles. The lowest BCUT2D eigenvalue weighted by Gasteiger charge is -2.17. The van der Waals surface area contributed by atoms with E-state index >= 15 is 0 Å². The molecule has 12 heteroatoms. The van der Waals surface area contributed by atoms with Crippen LogP contribution in [0, 0.1) is 0 Å². The number of nitrogens with zero attached hydrogens (tertiary/aromatic N) is 3. The van der Waals surface area contributed by atoms with E-state index in [2.05, 4.69) is 20.8 Å². The number of esters is 1. The summed E-state index contributed by atoms with van der Waals surface area (Å²) in [6.07, 6.45) is 0. The Balaban J connectivity index is 1.64. The molecule has 0 bridgehead atoms. The van der Waals surface area contributed by atoms with E-state index in [1.807, 2.05) is 6.92 Å². The lowest BCUT2D eigenvalue weighted by atomic mass is 10.2. The van der Waals surface area contributed by atoms with Gasteiger partial charge in [0.15, 0.2) is 11.0 Å². The van der Waals surface area contributed by atoms with Gasteiger partial charge in [0.25, 0.3) is 5.91 Å². The topological polar surface area (TPSA) is 145 Å². The summed E-state index contributed by atoms with van der Waals surface area (Å²) in [7, 11) is 1.54. The standard InChI is InChI=1S/C25H29N5O6S/c1-4-30-22(20(14-31)27-23(33)16-9-11-19(35-3)12-10-16)28-29-25(30)37-15-21(32)26-18-8-6-7-17(13-18)24(34)36-5-2/h6-13,20,31H,4-5,14-15H2,1-3H3,(H,26,32)(H,27,33)/t20-/m0/s1. The Kier molecular flexibility index (Phi) is 10.0. The van der Waals surface area contributed by atoms with Crippen LogP contribution >= 0.6 is 11.8 Å². The highest BCUT2D eigenvalue weighted by atomic mass is 32.2. The zero-order chi connectivity index (χ0) is 26.8. The maximum absolute atomic E-state index is 12.7. The Labute approximate surface area is 218 Å². The second-order valence-corrected chi connectivity index (χ2v) is 8.60. The number of hydrogen-bond donors (Lipinski definition) is 3. The van der Waals surface area contributed by atoms with E-state index in [0.717, 1.165) is 11.8 Å². The summed E-state index contributed by atoms with van der Waals surface area (Å²) in [6, 6.07) is 12.3. The molecule has 1 atom stereocenters. The number of ether oxygens (including phenoxy) is 2. The van der Waals surface area contributed by atoms with Crippen molar-refractivity contribution in [3.63, 3.8) is 0 Å². The first kappa shape index (κ1) is 27.7. The van der Waals surface area contributed by atoms with Gasteiger partial charge >= 0.3 is 5.97 Å². The fraction of sp³-hybridized carbons (Fsp3) is 0.320. The summed E-state index contributed by atoms with van der Waals surface area (Å²) in [4.78, 5) is 37.1. The zero-order valence-corrected chi connectivity index (χ0v) is 21.6. The summed E-state index contributed by atoms with van der Waals surface area (Å²) < 4.78 is 11.8. The molecule has 3 aromatic rings. The van der Waals surface area contributed by atoms with Crippen molar-refractivity contribution < 1.29 is 29.0 Å². The van der Waals surface area contributed by atoms with Crippen LogP contribution in [0.25, 0.3) is 0 Å². The Morgan fingerprint density at radius 3 is 2.49 bits per heavy atom. The Morgan fingerprint density at radius 1 is 1.08 bits per heavy atom. The smallest absolute Gasteiger partial charge is 0.338 e. The number of methoxy groups -OCH3 is 1. The summed E-state index contributed by atoms with van der Waals surface area (Å²) in [5, 5.41) is 24.2. The SMILES string of the molecule is CCOC(=O)c1cccc(NC(=O)CSc2nnc([C@H](CO)NC(=O)c3ccc(OC)cc3)n2CC)c1. The third kappa shape index (κ3) is 7.30. The average Bonchev–Trinajstić information content (AvgIpc) is 3.33. The first-order valence-electron chi connectivity index (χ1n) is 11.6. The van der Waals surface area contributed by atoms with Gasteiger partial charge in [0.05, 0.1) is 31.6 Å². The normalized spacial score (nSPS) is 11.5. The Hall–Kier alpha value is -3.90. The van der Waals surface area contributed by atoms with E-state index in [1.165, 1.54) is 7.11 Å². The Morgan fingerprint density at radius 2 is 1.84 bits per heavy atom. The molecular formula is C25H29N5O6S. The first-order valence-corrected chi connectivity index (χ1v) is 12.6. The average molecular weight is 528 g/mol. The minimum Gasteiger partial charge on any atom is -0.497 e. The van der Waals surface area contributed by atoms with Crippen LogP contribution in [0.3, 0.4) is 0 Å². The molecule has 11 nitrogen and oxygen atoms in total. The van der Waals surface area contributed by atoms with Crippen molar-refractivity contribution in [3.05, 3.63) is 65.5 Å². The molecule has 0 fully saturated rings. The van der Waals surface area contributed by atoms with Gasteiger partial charge in [0.2, 0.25) is 5.91 Å². The number of aromatic nitrogens is 3. The highest BCUT2D eigenvalue weighted by Gasteiger charge is 2.23. The third-order valence-corrected chi connectivity index (χ3v) is 6.17. The molecular weight excluding hydrogens is 498 g/mol. The highest BCUT2D eigenvalue weighted by Crippen LogP contribution is 2.22. The van der Waals surface area contributed by atoms with Crippen LogP contribution in [0.1, 0.15) is 46.4 Å². The van der Waals surface area contributed by atoms with Crippen molar-refractivity contribution in [1.82, 2.24) is 20.1 Å². The summed E-state index contributed by atoms with van der Waals surface area (Å²) >= 11 is 1.16. The predicted molar refractivity (Wildman–Crippen MR) is 138 cm³/mol. The van der Waals surface area contributed by atoms with Crippen molar-refractivity contribution in [2.75, 3.05) is 31.4 Å². The molecule has 196 valence electrons. The Bertz CT molecular complexity index is 1230. The third-order valence-electron chi connectivity index (χ3n) is 5.20. The molecule has 0 saturated heterocycles. The van der Waals surface area contributed by atoms with Gasteiger partial charge in [-0.2, -0.15) is 0 Å². The van der Waals surface area contributed by atoms with Crippen molar-refractivity contribution in [1.29, 1.82) is 0 Å². The van der Waals surface area contributed by atoms with E-state index < -0.39 is 12.0 Å². The van der Waals surface area contributed by atoms with Gasteiger partial charge in [-0.3, -0.25) is 9.59 Å². The van der Waals surface area contributed by atoms with Crippen LogP contribution in [0.5, 0.6) is 5.75 Å². The molecule has 0 radical (unpaired) electrons. The van der Waals surface area contributed by atoms with Crippen LogP contribution in [0.4, 0.5) is 5.69 Å². The van der Waals surface area contributed by atoms with Crippen molar-refractivity contribution in [2.24, 2.45) is 0 Å². The molecule has 2 aromatic carbocycles. The largest absolute Gasteiger partial charge is 0.497 e. The minimum absolute atomic E-state index is 0.0315. The maximum atomic E-state index is 12.7. The molecule has 0 aliphatic carbocycles. The van der Waals surface area contributed by atoms with Crippen molar-refractivity contribution >= 4 is 35.2 Å². The lowest BCUT2D eigenvalue weighted by Crippen LogP contribution is -2.32. The zero-order valence-electron chi connectivity index (χ0n) is 20.8. The van der Waals surface area contributed by atoms with E-state index in [9.17, 15) is 19.5 Å². The quantitative estimate of drug-likeness (QED) is 0.239. The van der Waals surface area contributed by atoms with Gasteiger partial charge in [-0.25, -0.2) is 4.79 Å². The molecule has 1 aromatic heterocycles. The van der Waals surface area contributed by atoms with Gasteiger partial charge in [-0.15, -0.1) is 10.2 Å². The second kappa shape index (κ2) is 13.4. The van der Waals surface area contributed by atoms with Gasteiger partial charge in [-0.1, -0.05) is 17.8 Å². The number of benzene rings is 2. The number of anilines is 1. The number of hydrogen-bond acceptors (Lipinski definition) is 9. The fourth-order valence-corrected chi connectivity index (χ4v) is 4.21. The predicted octanol–water partition coefficient (Wildman–Crippen LogP) is 2.68. The van der Waals surface area contributed by atoms with Crippen LogP contribution in [-0.4, -0.2) is 63.7 Å². The number of amides is 2. The molecule has 2 amide bonds. The number of thioether (sulfide) groups is 1. The van der Waals surface area contributed by atoms with Gasteiger partial charge in [-0.05, 0) is 56.3 Å². The van der Waals surface area contributed by atoms with E-state index in [-0.39, 0.29) is 30.8 Å². The van der Waals surface area contributed by atoms with Crippen molar-refractivity contribution in [3.8, 4) is 5.75 Å². The molecule has 3 N–H and O–H groups in total. The summed E-state index contributed by atoms with van der Waals surface area (Å²) in [6.45, 7) is 3.93. The monoisotopic (exact) mass is 527 g/mol. The van der Waals surface area contributed by atoms with Crippen LogP contribution < -0.4 is 15.4 Å². The van der Waals surface area contributed by atoms with Crippen LogP contribution in [0.15, 0.2) is 53.7 Å². The van der Waals surface area contributed by atoms with Crippen LogP contribution in [-0.2, 0) is 16.1 Å². The lowest BCUT2D eigenvalue weighted by molar-refractivity contribution is -0.113. The molecule has 0 spiro atoms. The number of aliphatic hydroxyl groups is 1. The molecule has 1 heterocycles. The first-order chi connectivity index (χ1) is 17.9. The summed E-state index contributed by atoms with van der Waals surface area (Å²) in [5.74, 6) is -0.121. The fourth-order valence-electron chi connectivity index (χ4n) is 3.40. The number of carbonyl (C=O) groups is 3. The van der Waals surface area contributed by atoms with Gasteiger partial charge in [0.1, 0.15) is 11.8 Å². The number of rotatable bonds is 12. The minimum atomic E-state index is -0.796. The maximum Gasteiger partial charge on any atom is 0.338 e. The molecule has 37 heavy (non-hydrogen) atoms. The molecule has 0 aliphatic heterocycles. The number of carbonyl (C=O) groups excluding carboxylic acids is 3. The van der Waals surface area contributed by atoms with E-state index in [1.54, 1.807) is 60.0 Å². The van der Waals surface area contributed by atoms with Crippen LogP contribution in [0.2, 0.25) is 0 Å². The van der Waals surface area contributed by atoms with E-state index in [0.29, 0.717) is 40.1 Å². The highest BCUT2D eigenvalue weighted by molar-refractivity contribution is 7.99. The molecule has 0 aliphatic rings. The van der Waals surface area contributed by atoms with Gasteiger partial charge < -0.3 is 29.8 Å². The number of nitrogens with one attached hydrogen (secondary N) is 2. The molecule has 3 rings (SSSR count).